The first-order valence-electron chi connectivity index (χ1n) is 3.05. The Hall–Kier alpha value is -0.880. The van der Waals surface area contributed by atoms with E-state index in [9.17, 15) is 4.39 Å². The summed E-state index contributed by atoms with van der Waals surface area (Å²) in [6.45, 7) is 0. The molecular weight excluding hydrogens is 209 g/mol. The molecule has 0 radical (unpaired) electrons. The van der Waals surface area contributed by atoms with Crippen LogP contribution >= 0.6 is 15.9 Å². The fourth-order valence-electron chi connectivity index (χ4n) is 0.770. The molecule has 1 aromatic carbocycles. The van der Waals surface area contributed by atoms with E-state index in [0.717, 1.165) is 0 Å². The topological polar surface area (TPSA) is 23.8 Å². The largest absolute Gasteiger partial charge is 0.206 e. The molecule has 0 bridgehead atoms. The Morgan fingerprint density at radius 1 is 1.55 bits per heavy atom. The van der Waals surface area contributed by atoms with Crippen molar-refractivity contribution in [2.45, 2.75) is 6.42 Å². The maximum absolute atomic E-state index is 12.7. The Labute approximate surface area is 72.6 Å². The van der Waals surface area contributed by atoms with Gasteiger partial charge >= 0.3 is 0 Å². The fraction of sp³-hybridized carbons (Fsp3) is 0.125. The van der Waals surface area contributed by atoms with E-state index in [1.165, 1.54) is 6.07 Å². The lowest BCUT2D eigenvalue weighted by atomic mass is 10.2. The summed E-state index contributed by atoms with van der Waals surface area (Å²) in [5.74, 6) is -0.322. The first kappa shape index (κ1) is 8.22. The third-order valence-corrected chi connectivity index (χ3v) is 2.19. The number of benzene rings is 1. The maximum atomic E-state index is 12.7. The van der Waals surface area contributed by atoms with Crippen LogP contribution in [0.25, 0.3) is 0 Å². The Morgan fingerprint density at radius 2 is 2.27 bits per heavy atom. The first-order valence-corrected chi connectivity index (χ1v) is 3.85. The van der Waals surface area contributed by atoms with Gasteiger partial charge in [-0.25, -0.2) is 4.39 Å². The van der Waals surface area contributed by atoms with Crippen molar-refractivity contribution in [3.05, 3.63) is 34.1 Å². The zero-order valence-electron chi connectivity index (χ0n) is 5.64. The third-order valence-electron chi connectivity index (χ3n) is 1.30. The van der Waals surface area contributed by atoms with Crippen molar-refractivity contribution in [3.8, 4) is 6.07 Å². The van der Waals surface area contributed by atoms with Gasteiger partial charge in [-0.2, -0.15) is 5.26 Å². The summed E-state index contributed by atoms with van der Waals surface area (Å²) < 4.78 is 13.1. The average molecular weight is 214 g/mol. The molecule has 0 aromatic heterocycles. The van der Waals surface area contributed by atoms with Gasteiger partial charge in [0.15, 0.2) is 0 Å². The molecule has 0 aliphatic heterocycles. The van der Waals surface area contributed by atoms with Gasteiger partial charge in [-0.1, -0.05) is 12.1 Å². The zero-order chi connectivity index (χ0) is 8.27. The quantitative estimate of drug-likeness (QED) is 0.704. The summed E-state index contributed by atoms with van der Waals surface area (Å²) in [6.07, 6.45) is 0.234. The van der Waals surface area contributed by atoms with E-state index in [2.05, 4.69) is 15.9 Å². The molecule has 0 aliphatic carbocycles. The van der Waals surface area contributed by atoms with E-state index in [1.54, 1.807) is 12.1 Å². The Kier molecular flexibility index (Phi) is 2.61. The van der Waals surface area contributed by atoms with Crippen molar-refractivity contribution in [2.24, 2.45) is 0 Å². The number of hydrogen-bond acceptors (Lipinski definition) is 1. The SMILES string of the molecule is N#CCc1cccc(F)c1Br. The molecule has 56 valence electrons. The van der Waals surface area contributed by atoms with Gasteiger partial charge in [0.25, 0.3) is 0 Å². The number of rotatable bonds is 1. The predicted octanol–water partition coefficient (Wildman–Crippen LogP) is 2.65. The number of halogens is 2. The van der Waals surface area contributed by atoms with E-state index in [1.807, 2.05) is 6.07 Å². The van der Waals surface area contributed by atoms with Crippen LogP contribution in [-0.4, -0.2) is 0 Å². The van der Waals surface area contributed by atoms with Crippen LogP contribution < -0.4 is 0 Å². The predicted molar refractivity (Wildman–Crippen MR) is 43.4 cm³/mol. The molecule has 0 aliphatic rings. The van der Waals surface area contributed by atoms with E-state index in [0.29, 0.717) is 10.0 Å². The minimum atomic E-state index is -0.322. The highest BCUT2D eigenvalue weighted by Gasteiger charge is 2.02. The van der Waals surface area contributed by atoms with Crippen LogP contribution in [0.15, 0.2) is 22.7 Å². The second kappa shape index (κ2) is 3.49. The molecule has 0 saturated carbocycles. The molecular formula is C8H5BrFN. The number of nitrogens with zero attached hydrogens (tertiary/aromatic N) is 1. The Balaban J connectivity index is 3.08. The number of nitriles is 1. The normalized spacial score (nSPS) is 9.18. The summed E-state index contributed by atoms with van der Waals surface area (Å²) >= 11 is 3.06. The fourth-order valence-corrected chi connectivity index (χ4v) is 1.17. The highest BCUT2D eigenvalue weighted by molar-refractivity contribution is 9.10. The molecule has 0 atom stereocenters. The van der Waals surface area contributed by atoms with E-state index in [4.69, 9.17) is 5.26 Å². The average Bonchev–Trinajstić information content (AvgIpc) is 1.99. The van der Waals surface area contributed by atoms with Crippen LogP contribution in [0, 0.1) is 17.1 Å². The van der Waals surface area contributed by atoms with Crippen LogP contribution in [0.1, 0.15) is 5.56 Å². The van der Waals surface area contributed by atoms with Crippen LogP contribution in [0.5, 0.6) is 0 Å². The van der Waals surface area contributed by atoms with Gasteiger partial charge in [0, 0.05) is 0 Å². The molecule has 1 rings (SSSR count). The second-order valence-corrected chi connectivity index (χ2v) is 2.84. The van der Waals surface area contributed by atoms with Crippen molar-refractivity contribution in [1.29, 1.82) is 5.26 Å². The van der Waals surface area contributed by atoms with Gasteiger partial charge in [-0.15, -0.1) is 0 Å². The van der Waals surface area contributed by atoms with E-state index in [-0.39, 0.29) is 12.2 Å². The monoisotopic (exact) mass is 213 g/mol. The molecule has 0 unspecified atom stereocenters. The van der Waals surface area contributed by atoms with Gasteiger partial charge < -0.3 is 0 Å². The molecule has 1 nitrogen and oxygen atoms in total. The van der Waals surface area contributed by atoms with Crippen molar-refractivity contribution < 1.29 is 4.39 Å². The Morgan fingerprint density at radius 3 is 2.91 bits per heavy atom. The summed E-state index contributed by atoms with van der Waals surface area (Å²) in [4.78, 5) is 0. The van der Waals surface area contributed by atoms with Gasteiger partial charge in [0.2, 0.25) is 0 Å². The summed E-state index contributed by atoms with van der Waals surface area (Å²) in [6, 6.07) is 6.62. The number of hydrogen-bond donors (Lipinski definition) is 0. The summed E-state index contributed by atoms with van der Waals surface area (Å²) in [7, 11) is 0. The second-order valence-electron chi connectivity index (χ2n) is 2.05. The lowest BCUT2D eigenvalue weighted by Gasteiger charge is -1.98. The first-order chi connectivity index (χ1) is 5.25. The molecule has 1 aromatic rings. The Bertz CT molecular complexity index is 303. The van der Waals surface area contributed by atoms with Gasteiger partial charge in [-0.05, 0) is 27.6 Å². The molecule has 0 amide bonds. The van der Waals surface area contributed by atoms with Gasteiger partial charge in [0.1, 0.15) is 5.82 Å². The lowest BCUT2D eigenvalue weighted by Crippen LogP contribution is -1.86. The highest BCUT2D eigenvalue weighted by Crippen LogP contribution is 2.20. The summed E-state index contributed by atoms with van der Waals surface area (Å²) in [5.41, 5.74) is 0.688. The van der Waals surface area contributed by atoms with Crippen LogP contribution in [-0.2, 0) is 6.42 Å². The molecule has 0 saturated heterocycles. The highest BCUT2D eigenvalue weighted by atomic mass is 79.9. The van der Waals surface area contributed by atoms with Crippen molar-refractivity contribution in [3.63, 3.8) is 0 Å². The van der Waals surface area contributed by atoms with E-state index < -0.39 is 0 Å². The molecule has 3 heteroatoms. The zero-order valence-corrected chi connectivity index (χ0v) is 7.23. The van der Waals surface area contributed by atoms with Crippen LogP contribution in [0.2, 0.25) is 0 Å². The summed E-state index contributed by atoms with van der Waals surface area (Å²) in [5, 5.41) is 8.34. The molecule has 0 N–H and O–H groups in total. The minimum Gasteiger partial charge on any atom is -0.206 e. The van der Waals surface area contributed by atoms with Crippen molar-refractivity contribution in [1.82, 2.24) is 0 Å². The van der Waals surface area contributed by atoms with Crippen molar-refractivity contribution in [2.75, 3.05) is 0 Å². The minimum absolute atomic E-state index is 0.234. The lowest BCUT2D eigenvalue weighted by molar-refractivity contribution is 0.619. The third kappa shape index (κ3) is 1.78. The van der Waals surface area contributed by atoms with Crippen molar-refractivity contribution >= 4 is 15.9 Å². The molecule has 0 spiro atoms. The van der Waals surface area contributed by atoms with Gasteiger partial charge in [-0.3, -0.25) is 0 Å². The van der Waals surface area contributed by atoms with Crippen LogP contribution in [0.3, 0.4) is 0 Å². The van der Waals surface area contributed by atoms with Crippen LogP contribution in [0.4, 0.5) is 4.39 Å². The molecule has 0 heterocycles. The molecule has 11 heavy (non-hydrogen) atoms. The smallest absolute Gasteiger partial charge is 0.137 e. The van der Waals surface area contributed by atoms with E-state index >= 15 is 0 Å². The van der Waals surface area contributed by atoms with Gasteiger partial charge in [0.05, 0.1) is 17.0 Å². The molecule has 0 fully saturated rings. The standard InChI is InChI=1S/C8H5BrFN/c9-8-6(4-5-11)2-1-3-7(8)10/h1-3H,4H2. The maximum Gasteiger partial charge on any atom is 0.137 e.